The minimum Gasteiger partial charge on any atom is -0.452 e. The van der Waals surface area contributed by atoms with E-state index in [9.17, 15) is 18.0 Å². The molecule has 1 aromatic carbocycles. The first-order valence-corrected chi connectivity index (χ1v) is 9.80. The zero-order valence-corrected chi connectivity index (χ0v) is 15.1. The quantitative estimate of drug-likeness (QED) is 0.749. The number of aryl methyl sites for hydroxylation is 2. The van der Waals surface area contributed by atoms with E-state index >= 15 is 0 Å². The molecule has 0 aromatic heterocycles. The number of rotatable bonds is 5. The fraction of sp³-hybridized carbons (Fsp3) is 0.529. The first-order chi connectivity index (χ1) is 11.2. The number of hydrogen-bond donors (Lipinski definition) is 0. The van der Waals surface area contributed by atoms with Gasteiger partial charge in [-0.3, -0.25) is 4.79 Å². The number of likely N-dealkylation sites (N-methyl/N-ethyl adjacent to an activating group) is 1. The molecule has 0 aliphatic carbocycles. The summed E-state index contributed by atoms with van der Waals surface area (Å²) in [6.45, 7) is 5.48. The van der Waals surface area contributed by atoms with Gasteiger partial charge in [-0.2, -0.15) is 0 Å². The summed E-state index contributed by atoms with van der Waals surface area (Å²) in [6.07, 6.45) is 0.437. The Morgan fingerprint density at radius 2 is 2.00 bits per heavy atom. The van der Waals surface area contributed by atoms with Gasteiger partial charge >= 0.3 is 5.97 Å². The van der Waals surface area contributed by atoms with E-state index < -0.39 is 15.8 Å². The summed E-state index contributed by atoms with van der Waals surface area (Å²) in [5, 5.41) is 0. The number of esters is 1. The minimum absolute atomic E-state index is 0.0164. The van der Waals surface area contributed by atoms with Crippen molar-refractivity contribution >= 4 is 21.7 Å². The summed E-state index contributed by atoms with van der Waals surface area (Å²) in [4.78, 5) is 26.0. The van der Waals surface area contributed by atoms with Gasteiger partial charge < -0.3 is 9.64 Å². The standard InChI is InChI=1S/C17H23NO5S/c1-4-18(14-7-8-24(21,22)11-14)16(19)10-23-17(20)15-9-12(2)5-6-13(15)3/h5-6,9,14H,4,7-8,10-11H2,1-3H3. The van der Waals surface area contributed by atoms with Crippen LogP contribution in [0.15, 0.2) is 18.2 Å². The second-order valence-electron chi connectivity index (χ2n) is 6.13. The molecule has 0 bridgehead atoms. The molecular weight excluding hydrogens is 330 g/mol. The van der Waals surface area contributed by atoms with Gasteiger partial charge in [0.05, 0.1) is 17.1 Å². The van der Waals surface area contributed by atoms with E-state index in [1.54, 1.807) is 19.9 Å². The molecule has 1 amide bonds. The fourth-order valence-corrected chi connectivity index (χ4v) is 4.63. The van der Waals surface area contributed by atoms with Gasteiger partial charge in [0.25, 0.3) is 5.91 Å². The van der Waals surface area contributed by atoms with Gasteiger partial charge in [0.15, 0.2) is 16.4 Å². The van der Waals surface area contributed by atoms with Crippen molar-refractivity contribution in [2.75, 3.05) is 24.7 Å². The van der Waals surface area contributed by atoms with Crippen LogP contribution < -0.4 is 0 Å². The normalized spacial score (nSPS) is 19.0. The van der Waals surface area contributed by atoms with Crippen molar-refractivity contribution in [1.82, 2.24) is 4.90 Å². The Morgan fingerprint density at radius 1 is 1.29 bits per heavy atom. The average Bonchev–Trinajstić information content (AvgIpc) is 2.87. The summed E-state index contributed by atoms with van der Waals surface area (Å²) in [6, 6.07) is 5.13. The zero-order valence-electron chi connectivity index (χ0n) is 14.2. The summed E-state index contributed by atoms with van der Waals surface area (Å²) >= 11 is 0. The van der Waals surface area contributed by atoms with Crippen LogP contribution >= 0.6 is 0 Å². The van der Waals surface area contributed by atoms with E-state index in [0.717, 1.165) is 11.1 Å². The van der Waals surface area contributed by atoms with Gasteiger partial charge in [-0.15, -0.1) is 0 Å². The number of carbonyl (C=O) groups excluding carboxylic acids is 2. The van der Waals surface area contributed by atoms with E-state index in [1.165, 1.54) is 4.90 Å². The van der Waals surface area contributed by atoms with Crippen molar-refractivity contribution in [1.29, 1.82) is 0 Å². The van der Waals surface area contributed by atoms with Gasteiger partial charge in [0.1, 0.15) is 0 Å². The minimum atomic E-state index is -3.07. The average molecular weight is 353 g/mol. The van der Waals surface area contributed by atoms with Crippen molar-refractivity contribution in [3.8, 4) is 0 Å². The van der Waals surface area contributed by atoms with E-state index in [2.05, 4.69) is 0 Å². The Morgan fingerprint density at radius 3 is 2.58 bits per heavy atom. The van der Waals surface area contributed by atoms with Crippen LogP contribution in [0, 0.1) is 13.8 Å². The van der Waals surface area contributed by atoms with Crippen LogP contribution in [0.25, 0.3) is 0 Å². The van der Waals surface area contributed by atoms with E-state index in [-0.39, 0.29) is 30.1 Å². The summed E-state index contributed by atoms with van der Waals surface area (Å²) in [5.41, 5.74) is 2.16. The van der Waals surface area contributed by atoms with Crippen LogP contribution in [0.5, 0.6) is 0 Å². The zero-order chi connectivity index (χ0) is 17.9. The highest BCUT2D eigenvalue weighted by atomic mass is 32.2. The monoisotopic (exact) mass is 353 g/mol. The summed E-state index contributed by atoms with van der Waals surface area (Å²) in [5.74, 6) is -0.820. The first-order valence-electron chi connectivity index (χ1n) is 7.97. The lowest BCUT2D eigenvalue weighted by atomic mass is 10.1. The fourth-order valence-electron chi connectivity index (χ4n) is 2.90. The van der Waals surface area contributed by atoms with Crippen molar-refractivity contribution in [3.05, 3.63) is 34.9 Å². The second kappa shape index (κ2) is 7.34. The van der Waals surface area contributed by atoms with Gasteiger partial charge in [-0.25, -0.2) is 13.2 Å². The lowest BCUT2D eigenvalue weighted by Crippen LogP contribution is -2.43. The molecule has 6 nitrogen and oxygen atoms in total. The third kappa shape index (κ3) is 4.35. The maximum absolute atomic E-state index is 12.3. The largest absolute Gasteiger partial charge is 0.452 e. The molecule has 0 N–H and O–H groups in total. The van der Waals surface area contributed by atoms with E-state index in [4.69, 9.17) is 4.74 Å². The Hall–Kier alpha value is -1.89. The number of amides is 1. The number of sulfone groups is 1. The molecule has 1 aromatic rings. The molecule has 2 rings (SSSR count). The molecule has 1 aliphatic heterocycles. The van der Waals surface area contributed by atoms with Crippen molar-refractivity contribution in [2.24, 2.45) is 0 Å². The predicted octanol–water partition coefficient (Wildman–Crippen LogP) is 1.50. The smallest absolute Gasteiger partial charge is 0.338 e. The number of benzene rings is 1. The van der Waals surface area contributed by atoms with E-state index in [1.807, 2.05) is 19.1 Å². The molecule has 1 aliphatic rings. The molecular formula is C17H23NO5S. The highest BCUT2D eigenvalue weighted by Crippen LogP contribution is 2.18. The topological polar surface area (TPSA) is 80.8 Å². The number of nitrogens with zero attached hydrogens (tertiary/aromatic N) is 1. The van der Waals surface area contributed by atoms with Gasteiger partial charge in [0, 0.05) is 12.6 Å². The van der Waals surface area contributed by atoms with E-state index in [0.29, 0.717) is 18.5 Å². The Labute approximate surface area is 142 Å². The maximum atomic E-state index is 12.3. The van der Waals surface area contributed by atoms with Gasteiger partial charge in [0.2, 0.25) is 0 Å². The maximum Gasteiger partial charge on any atom is 0.338 e. The molecule has 132 valence electrons. The van der Waals surface area contributed by atoms with Crippen LogP contribution in [-0.2, 0) is 19.4 Å². The summed E-state index contributed by atoms with van der Waals surface area (Å²) < 4.78 is 28.3. The number of hydrogen-bond acceptors (Lipinski definition) is 5. The molecule has 24 heavy (non-hydrogen) atoms. The van der Waals surface area contributed by atoms with Crippen LogP contribution in [0.2, 0.25) is 0 Å². The van der Waals surface area contributed by atoms with Crippen LogP contribution in [0.3, 0.4) is 0 Å². The molecule has 1 saturated heterocycles. The lowest BCUT2D eigenvalue weighted by Gasteiger charge is -2.26. The van der Waals surface area contributed by atoms with Crippen LogP contribution in [0.4, 0.5) is 0 Å². The molecule has 7 heteroatoms. The molecule has 1 atom stereocenters. The highest BCUT2D eigenvalue weighted by Gasteiger charge is 2.34. The third-order valence-electron chi connectivity index (χ3n) is 4.25. The highest BCUT2D eigenvalue weighted by molar-refractivity contribution is 7.91. The van der Waals surface area contributed by atoms with Crippen LogP contribution in [-0.4, -0.2) is 55.9 Å². The van der Waals surface area contributed by atoms with Crippen molar-refractivity contribution < 1.29 is 22.7 Å². The SMILES string of the molecule is CCN(C(=O)COC(=O)c1cc(C)ccc1C)C1CCS(=O)(=O)C1. The van der Waals surface area contributed by atoms with Crippen LogP contribution in [0.1, 0.15) is 34.8 Å². The molecule has 1 unspecified atom stereocenters. The predicted molar refractivity (Wildman–Crippen MR) is 90.6 cm³/mol. The Balaban J connectivity index is 1.98. The first kappa shape index (κ1) is 18.4. The van der Waals surface area contributed by atoms with Crippen molar-refractivity contribution in [3.63, 3.8) is 0 Å². The molecule has 1 fully saturated rings. The summed E-state index contributed by atoms with van der Waals surface area (Å²) in [7, 11) is -3.07. The Kier molecular flexibility index (Phi) is 5.64. The lowest BCUT2D eigenvalue weighted by molar-refractivity contribution is -0.136. The molecule has 0 radical (unpaired) electrons. The van der Waals surface area contributed by atoms with Gasteiger partial charge in [-0.05, 0) is 38.8 Å². The molecule has 0 saturated carbocycles. The number of ether oxygens (including phenoxy) is 1. The Bertz CT molecular complexity index is 741. The molecule has 1 heterocycles. The van der Waals surface area contributed by atoms with Gasteiger partial charge in [-0.1, -0.05) is 17.7 Å². The van der Waals surface area contributed by atoms with Crippen molar-refractivity contribution in [2.45, 2.75) is 33.2 Å². The second-order valence-corrected chi connectivity index (χ2v) is 8.36. The molecule has 0 spiro atoms. The third-order valence-corrected chi connectivity index (χ3v) is 6.00. The number of carbonyl (C=O) groups is 2.